The second kappa shape index (κ2) is 8.90. The van der Waals surface area contributed by atoms with Gasteiger partial charge in [-0.05, 0) is 54.1 Å². The van der Waals surface area contributed by atoms with Crippen LogP contribution in [0, 0.1) is 0 Å². The number of carbonyl (C=O) groups excluding carboxylic acids is 1. The summed E-state index contributed by atoms with van der Waals surface area (Å²) in [6.07, 6.45) is -7.04. The highest BCUT2D eigenvalue weighted by atomic mass is 19.4. The van der Waals surface area contributed by atoms with Gasteiger partial charge in [-0.15, -0.1) is 0 Å². The number of fused-ring (bicyclic) bond motifs is 1. The maximum Gasteiger partial charge on any atom is 0.418 e. The Morgan fingerprint density at radius 2 is 1.57 bits per heavy atom. The molecular formula is C24H15F6N3O2. The Morgan fingerprint density at radius 1 is 0.857 bits per heavy atom. The number of aromatic hydroxyl groups is 1. The molecule has 2 heterocycles. The second-order valence-electron chi connectivity index (χ2n) is 7.52. The molecule has 0 unspecified atom stereocenters. The number of carbonyl (C=O) groups is 1. The lowest BCUT2D eigenvalue weighted by molar-refractivity contribution is -0.139. The van der Waals surface area contributed by atoms with E-state index in [2.05, 4.69) is 15.3 Å². The second-order valence-corrected chi connectivity index (χ2v) is 7.52. The summed E-state index contributed by atoms with van der Waals surface area (Å²) >= 11 is 0. The van der Waals surface area contributed by atoms with Crippen LogP contribution in [-0.4, -0.2) is 21.0 Å². The molecule has 11 heteroatoms. The number of amides is 1. The minimum absolute atomic E-state index is 0.0119. The Morgan fingerprint density at radius 3 is 2.23 bits per heavy atom. The SMILES string of the molecule is O=C(N[C@@H](c1ccc(C(F)(F)F)cc1)c1ncccc1C(F)(F)F)c1ccc2nccc(O)c2c1. The number of nitrogens with one attached hydrogen (secondary N) is 1. The van der Waals surface area contributed by atoms with Crippen LogP contribution in [0.2, 0.25) is 0 Å². The molecule has 35 heavy (non-hydrogen) atoms. The summed E-state index contributed by atoms with van der Waals surface area (Å²) in [7, 11) is 0. The van der Waals surface area contributed by atoms with Gasteiger partial charge in [0.05, 0.1) is 28.4 Å². The number of hydrogen-bond acceptors (Lipinski definition) is 4. The van der Waals surface area contributed by atoms with E-state index in [4.69, 9.17) is 0 Å². The number of pyridine rings is 2. The molecule has 0 saturated heterocycles. The van der Waals surface area contributed by atoms with Crippen LogP contribution in [0.15, 0.2) is 73.1 Å². The fourth-order valence-electron chi connectivity index (χ4n) is 3.55. The topological polar surface area (TPSA) is 75.1 Å². The Bertz CT molecular complexity index is 1380. The number of alkyl halides is 6. The molecule has 1 atom stereocenters. The molecule has 0 bridgehead atoms. The molecule has 0 aliphatic rings. The first-order valence-electron chi connectivity index (χ1n) is 10.0. The van der Waals surface area contributed by atoms with Crippen LogP contribution in [-0.2, 0) is 12.4 Å². The third-order valence-electron chi connectivity index (χ3n) is 5.24. The van der Waals surface area contributed by atoms with E-state index in [9.17, 15) is 36.2 Å². The van der Waals surface area contributed by atoms with Crippen molar-refractivity contribution in [2.75, 3.05) is 0 Å². The average Bonchev–Trinajstić information content (AvgIpc) is 2.81. The van der Waals surface area contributed by atoms with E-state index in [1.165, 1.54) is 30.5 Å². The van der Waals surface area contributed by atoms with Crippen molar-refractivity contribution in [2.24, 2.45) is 0 Å². The number of aromatic nitrogens is 2. The van der Waals surface area contributed by atoms with Gasteiger partial charge in [-0.25, -0.2) is 0 Å². The third-order valence-corrected chi connectivity index (χ3v) is 5.24. The molecule has 0 fully saturated rings. The van der Waals surface area contributed by atoms with Crippen molar-refractivity contribution in [2.45, 2.75) is 18.4 Å². The van der Waals surface area contributed by atoms with Crippen molar-refractivity contribution >= 4 is 16.8 Å². The smallest absolute Gasteiger partial charge is 0.418 e. The number of nitrogens with zero attached hydrogens (tertiary/aromatic N) is 2. The Hall–Kier alpha value is -4.15. The van der Waals surface area contributed by atoms with E-state index < -0.39 is 41.1 Å². The summed E-state index contributed by atoms with van der Waals surface area (Å²) in [4.78, 5) is 20.9. The fourth-order valence-corrected chi connectivity index (χ4v) is 3.55. The van der Waals surface area contributed by atoms with Crippen LogP contribution in [0.4, 0.5) is 26.3 Å². The van der Waals surface area contributed by atoms with Gasteiger partial charge in [-0.1, -0.05) is 12.1 Å². The molecule has 0 radical (unpaired) electrons. The maximum absolute atomic E-state index is 13.7. The van der Waals surface area contributed by atoms with E-state index in [1.54, 1.807) is 0 Å². The Labute approximate surface area is 194 Å². The molecule has 1 amide bonds. The van der Waals surface area contributed by atoms with Crippen LogP contribution >= 0.6 is 0 Å². The number of rotatable bonds is 4. The summed E-state index contributed by atoms with van der Waals surface area (Å²) in [5, 5.41) is 12.7. The highest BCUT2D eigenvalue weighted by Crippen LogP contribution is 2.37. The zero-order valence-electron chi connectivity index (χ0n) is 17.5. The van der Waals surface area contributed by atoms with Crippen molar-refractivity contribution in [3.05, 3.63) is 101 Å². The molecule has 0 spiro atoms. The van der Waals surface area contributed by atoms with Crippen LogP contribution < -0.4 is 5.32 Å². The molecule has 2 aromatic heterocycles. The predicted octanol–water partition coefficient (Wildman–Crippen LogP) is 5.89. The molecule has 4 aromatic rings. The first-order chi connectivity index (χ1) is 16.4. The van der Waals surface area contributed by atoms with Gasteiger partial charge >= 0.3 is 12.4 Å². The quantitative estimate of drug-likeness (QED) is 0.349. The lowest BCUT2D eigenvalue weighted by Crippen LogP contribution is -2.31. The minimum atomic E-state index is -4.83. The molecular weight excluding hydrogens is 476 g/mol. The molecule has 2 N–H and O–H groups in total. The van der Waals surface area contributed by atoms with Gasteiger partial charge in [0.2, 0.25) is 0 Å². The van der Waals surface area contributed by atoms with Crippen LogP contribution in [0.5, 0.6) is 5.75 Å². The van der Waals surface area contributed by atoms with Gasteiger partial charge in [0, 0.05) is 23.3 Å². The molecule has 0 aliphatic carbocycles. The molecule has 4 rings (SSSR count). The standard InChI is InChI=1S/C24H15F6N3O2/c25-23(26,27)15-6-3-13(4-7-15)20(21-17(24(28,29)30)2-1-10-32-21)33-22(35)14-5-8-18-16(12-14)19(34)9-11-31-18/h1-12,20H,(H,31,34)(H,33,35)/t20-/m0/s1. The largest absolute Gasteiger partial charge is 0.507 e. The van der Waals surface area contributed by atoms with E-state index in [-0.39, 0.29) is 22.3 Å². The van der Waals surface area contributed by atoms with Crippen molar-refractivity contribution in [3.8, 4) is 5.75 Å². The molecule has 0 aliphatic heterocycles. The lowest BCUT2D eigenvalue weighted by Gasteiger charge is -2.23. The van der Waals surface area contributed by atoms with Gasteiger partial charge in [-0.2, -0.15) is 26.3 Å². The summed E-state index contributed by atoms with van der Waals surface area (Å²) < 4.78 is 80.1. The minimum Gasteiger partial charge on any atom is -0.507 e. The van der Waals surface area contributed by atoms with Gasteiger partial charge < -0.3 is 10.4 Å². The van der Waals surface area contributed by atoms with Crippen molar-refractivity contribution in [1.29, 1.82) is 0 Å². The third kappa shape index (κ3) is 5.03. The van der Waals surface area contributed by atoms with E-state index in [0.717, 1.165) is 30.5 Å². The highest BCUT2D eigenvalue weighted by molar-refractivity contribution is 5.99. The van der Waals surface area contributed by atoms with Crippen molar-refractivity contribution < 1.29 is 36.2 Å². The monoisotopic (exact) mass is 491 g/mol. The lowest BCUT2D eigenvalue weighted by atomic mass is 9.97. The van der Waals surface area contributed by atoms with Crippen LogP contribution in [0.25, 0.3) is 10.9 Å². The fraction of sp³-hybridized carbons (Fsp3) is 0.125. The van der Waals surface area contributed by atoms with Gasteiger partial charge in [0.25, 0.3) is 5.91 Å². The van der Waals surface area contributed by atoms with E-state index in [0.29, 0.717) is 17.6 Å². The molecule has 2 aromatic carbocycles. The van der Waals surface area contributed by atoms with Crippen LogP contribution in [0.3, 0.4) is 0 Å². The first-order valence-corrected chi connectivity index (χ1v) is 10.0. The zero-order chi connectivity index (χ0) is 25.4. The summed E-state index contributed by atoms with van der Waals surface area (Å²) in [6.45, 7) is 0. The van der Waals surface area contributed by atoms with Crippen LogP contribution in [0.1, 0.15) is 38.8 Å². The van der Waals surface area contributed by atoms with Crippen molar-refractivity contribution in [1.82, 2.24) is 15.3 Å². The number of benzene rings is 2. The van der Waals surface area contributed by atoms with Gasteiger partial charge in [0.15, 0.2) is 0 Å². The molecule has 5 nitrogen and oxygen atoms in total. The predicted molar refractivity (Wildman–Crippen MR) is 113 cm³/mol. The summed E-state index contributed by atoms with van der Waals surface area (Å²) in [5.41, 5.74) is -2.40. The summed E-state index contributed by atoms with van der Waals surface area (Å²) in [5.74, 6) is -0.994. The van der Waals surface area contributed by atoms with Crippen molar-refractivity contribution in [3.63, 3.8) is 0 Å². The molecule has 0 saturated carbocycles. The Kier molecular flexibility index (Phi) is 6.10. The van der Waals surface area contributed by atoms with Gasteiger partial charge in [0.1, 0.15) is 5.75 Å². The highest BCUT2D eigenvalue weighted by Gasteiger charge is 2.37. The van der Waals surface area contributed by atoms with E-state index in [1.807, 2.05) is 0 Å². The number of hydrogen-bond donors (Lipinski definition) is 2. The first kappa shape index (κ1) is 24.0. The Balaban J connectivity index is 1.78. The zero-order valence-corrected chi connectivity index (χ0v) is 17.5. The van der Waals surface area contributed by atoms with Gasteiger partial charge in [-0.3, -0.25) is 14.8 Å². The summed E-state index contributed by atoms with van der Waals surface area (Å²) in [6, 6.07) is 9.11. The average molecular weight is 491 g/mol. The number of halogens is 6. The molecule has 180 valence electrons. The van der Waals surface area contributed by atoms with E-state index >= 15 is 0 Å². The normalized spacial score (nSPS) is 13.0. The maximum atomic E-state index is 13.7.